The van der Waals surface area contributed by atoms with Gasteiger partial charge in [-0.25, -0.2) is 0 Å². The van der Waals surface area contributed by atoms with E-state index < -0.39 is 12.0 Å². The van der Waals surface area contributed by atoms with E-state index in [0.717, 1.165) is 5.56 Å². The number of carboxylic acid groups (broad SMARTS) is 1. The van der Waals surface area contributed by atoms with E-state index in [1.54, 1.807) is 20.2 Å². The second kappa shape index (κ2) is 6.16. The number of rotatable bonds is 5. The Kier molecular flexibility index (Phi) is 4.85. The molecule has 1 atom stereocenters. The molecule has 1 aromatic rings. The first-order chi connectivity index (χ1) is 8.40. The molecular weight excluding hydrogens is 232 g/mol. The number of benzene rings is 1. The molecule has 0 unspecified atom stereocenters. The van der Waals surface area contributed by atoms with Gasteiger partial charge in [-0.15, -0.1) is 0 Å². The van der Waals surface area contributed by atoms with Crippen LogP contribution in [0.15, 0.2) is 24.3 Å². The summed E-state index contributed by atoms with van der Waals surface area (Å²) in [4.78, 5) is 24.2. The Morgan fingerprint density at radius 1 is 1.39 bits per heavy atom. The SMILES string of the molecule is Cc1cccc(NC(=O)C[C@H](C(=O)O)N(C)C)c1. The third kappa shape index (κ3) is 4.18. The summed E-state index contributed by atoms with van der Waals surface area (Å²) in [6.07, 6.45) is -0.0731. The van der Waals surface area contributed by atoms with E-state index in [2.05, 4.69) is 5.32 Å². The molecule has 0 saturated heterocycles. The largest absolute Gasteiger partial charge is 0.480 e. The van der Waals surface area contributed by atoms with Gasteiger partial charge in [0.1, 0.15) is 6.04 Å². The molecule has 0 aromatic heterocycles. The van der Waals surface area contributed by atoms with Crippen LogP contribution in [0, 0.1) is 6.92 Å². The van der Waals surface area contributed by atoms with E-state index in [4.69, 9.17) is 5.11 Å². The van der Waals surface area contributed by atoms with E-state index in [1.165, 1.54) is 4.90 Å². The number of carbonyl (C=O) groups is 2. The number of aliphatic carboxylic acids is 1. The van der Waals surface area contributed by atoms with Gasteiger partial charge in [-0.05, 0) is 38.7 Å². The van der Waals surface area contributed by atoms with Gasteiger partial charge in [0.2, 0.25) is 5.91 Å². The van der Waals surface area contributed by atoms with Crippen LogP contribution in [0.1, 0.15) is 12.0 Å². The second-order valence-corrected chi connectivity index (χ2v) is 4.44. The fraction of sp³-hybridized carbons (Fsp3) is 0.385. The average molecular weight is 250 g/mol. The lowest BCUT2D eigenvalue weighted by atomic mass is 10.1. The number of nitrogens with one attached hydrogen (secondary N) is 1. The van der Waals surface area contributed by atoms with E-state index in [1.807, 2.05) is 25.1 Å². The number of aryl methyl sites for hydroxylation is 1. The normalized spacial score (nSPS) is 12.2. The molecule has 1 rings (SSSR count). The summed E-state index contributed by atoms with van der Waals surface area (Å²) >= 11 is 0. The molecule has 1 amide bonds. The van der Waals surface area contributed by atoms with Gasteiger partial charge < -0.3 is 10.4 Å². The van der Waals surface area contributed by atoms with Gasteiger partial charge in [-0.1, -0.05) is 12.1 Å². The summed E-state index contributed by atoms with van der Waals surface area (Å²) in [7, 11) is 3.28. The quantitative estimate of drug-likeness (QED) is 0.827. The fourth-order valence-corrected chi connectivity index (χ4v) is 1.60. The van der Waals surface area contributed by atoms with E-state index in [-0.39, 0.29) is 12.3 Å². The molecule has 0 aliphatic rings. The van der Waals surface area contributed by atoms with Crippen LogP contribution >= 0.6 is 0 Å². The zero-order chi connectivity index (χ0) is 13.7. The van der Waals surface area contributed by atoms with Crippen LogP contribution < -0.4 is 5.32 Å². The summed E-state index contributed by atoms with van der Waals surface area (Å²) in [6.45, 7) is 1.93. The maximum atomic E-state index is 11.7. The van der Waals surface area contributed by atoms with Crippen LogP contribution in [0.25, 0.3) is 0 Å². The molecule has 18 heavy (non-hydrogen) atoms. The van der Waals surface area contributed by atoms with Crippen LogP contribution in [0.3, 0.4) is 0 Å². The van der Waals surface area contributed by atoms with Crippen molar-refractivity contribution in [3.63, 3.8) is 0 Å². The van der Waals surface area contributed by atoms with Crippen molar-refractivity contribution in [3.05, 3.63) is 29.8 Å². The number of likely N-dealkylation sites (N-methyl/N-ethyl adjacent to an activating group) is 1. The van der Waals surface area contributed by atoms with Crippen molar-refractivity contribution in [1.29, 1.82) is 0 Å². The maximum absolute atomic E-state index is 11.7. The predicted molar refractivity (Wildman–Crippen MR) is 69.5 cm³/mol. The summed E-state index contributed by atoms with van der Waals surface area (Å²) < 4.78 is 0. The zero-order valence-corrected chi connectivity index (χ0v) is 10.8. The second-order valence-electron chi connectivity index (χ2n) is 4.44. The van der Waals surface area contributed by atoms with Crippen molar-refractivity contribution in [2.75, 3.05) is 19.4 Å². The minimum Gasteiger partial charge on any atom is -0.480 e. The number of carbonyl (C=O) groups excluding carboxylic acids is 1. The Morgan fingerprint density at radius 2 is 2.06 bits per heavy atom. The van der Waals surface area contributed by atoms with Crippen LogP contribution in [-0.4, -0.2) is 42.0 Å². The topological polar surface area (TPSA) is 69.6 Å². The van der Waals surface area contributed by atoms with Crippen LogP contribution in [0.5, 0.6) is 0 Å². The molecular formula is C13H18N2O3. The molecule has 0 saturated carbocycles. The summed E-state index contributed by atoms with van der Waals surface area (Å²) in [5, 5.41) is 11.7. The molecule has 0 bridgehead atoms. The molecule has 0 heterocycles. The average Bonchev–Trinajstić information content (AvgIpc) is 2.25. The fourth-order valence-electron chi connectivity index (χ4n) is 1.60. The molecule has 5 heteroatoms. The van der Waals surface area contributed by atoms with Crippen LogP contribution in [-0.2, 0) is 9.59 Å². The number of hydrogen-bond donors (Lipinski definition) is 2. The predicted octanol–water partition coefficient (Wildman–Crippen LogP) is 1.34. The first-order valence-corrected chi connectivity index (χ1v) is 5.66. The Labute approximate surface area is 106 Å². The minimum atomic E-state index is -1.00. The highest BCUT2D eigenvalue weighted by molar-refractivity contribution is 5.94. The molecule has 1 aromatic carbocycles. The zero-order valence-electron chi connectivity index (χ0n) is 10.8. The van der Waals surface area contributed by atoms with Crippen LogP contribution in [0.2, 0.25) is 0 Å². The highest BCUT2D eigenvalue weighted by Crippen LogP contribution is 2.11. The molecule has 0 radical (unpaired) electrons. The Balaban J connectivity index is 2.63. The summed E-state index contributed by atoms with van der Waals surface area (Å²) in [5.41, 5.74) is 1.72. The van der Waals surface area contributed by atoms with Crippen LogP contribution in [0.4, 0.5) is 5.69 Å². The van der Waals surface area contributed by atoms with E-state index >= 15 is 0 Å². The lowest BCUT2D eigenvalue weighted by Gasteiger charge is -2.19. The molecule has 98 valence electrons. The van der Waals surface area contributed by atoms with Gasteiger partial charge in [-0.3, -0.25) is 14.5 Å². The lowest BCUT2D eigenvalue weighted by molar-refractivity contribution is -0.144. The van der Waals surface area contributed by atoms with Crippen molar-refractivity contribution in [3.8, 4) is 0 Å². The number of nitrogens with zero attached hydrogens (tertiary/aromatic N) is 1. The summed E-state index contributed by atoms with van der Waals surface area (Å²) in [5.74, 6) is -1.30. The van der Waals surface area contributed by atoms with E-state index in [0.29, 0.717) is 5.69 Å². The third-order valence-electron chi connectivity index (χ3n) is 2.59. The van der Waals surface area contributed by atoms with Gasteiger partial charge >= 0.3 is 5.97 Å². The third-order valence-corrected chi connectivity index (χ3v) is 2.59. The van der Waals surface area contributed by atoms with Gasteiger partial charge in [0.25, 0.3) is 0 Å². The minimum absolute atomic E-state index is 0.0731. The maximum Gasteiger partial charge on any atom is 0.321 e. The van der Waals surface area contributed by atoms with Gasteiger partial charge in [0, 0.05) is 5.69 Å². The molecule has 2 N–H and O–H groups in total. The highest BCUT2D eigenvalue weighted by Gasteiger charge is 2.23. The number of amides is 1. The van der Waals surface area contributed by atoms with Gasteiger partial charge in [-0.2, -0.15) is 0 Å². The lowest BCUT2D eigenvalue weighted by Crippen LogP contribution is -2.38. The van der Waals surface area contributed by atoms with Gasteiger partial charge in [0.15, 0.2) is 0 Å². The number of hydrogen-bond acceptors (Lipinski definition) is 3. The standard InChI is InChI=1S/C13H18N2O3/c1-9-5-4-6-10(7-9)14-12(16)8-11(13(17)18)15(2)3/h4-7,11H,8H2,1-3H3,(H,14,16)(H,17,18)/t11-/m1/s1. The van der Waals surface area contributed by atoms with Crippen molar-refractivity contribution in [1.82, 2.24) is 4.90 Å². The Bertz CT molecular complexity index is 444. The summed E-state index contributed by atoms with van der Waals surface area (Å²) in [6, 6.07) is 6.57. The molecule has 0 aliphatic heterocycles. The monoisotopic (exact) mass is 250 g/mol. The van der Waals surface area contributed by atoms with Gasteiger partial charge in [0.05, 0.1) is 6.42 Å². The van der Waals surface area contributed by atoms with Crippen molar-refractivity contribution in [2.24, 2.45) is 0 Å². The van der Waals surface area contributed by atoms with Crippen molar-refractivity contribution in [2.45, 2.75) is 19.4 Å². The molecule has 0 fully saturated rings. The number of carboxylic acids is 1. The van der Waals surface area contributed by atoms with Crippen molar-refractivity contribution >= 4 is 17.6 Å². The number of anilines is 1. The van der Waals surface area contributed by atoms with Crippen molar-refractivity contribution < 1.29 is 14.7 Å². The highest BCUT2D eigenvalue weighted by atomic mass is 16.4. The Morgan fingerprint density at radius 3 is 2.56 bits per heavy atom. The molecule has 5 nitrogen and oxygen atoms in total. The first kappa shape index (κ1) is 14.2. The first-order valence-electron chi connectivity index (χ1n) is 5.66. The molecule has 0 aliphatic carbocycles. The Hall–Kier alpha value is -1.88. The van der Waals surface area contributed by atoms with E-state index in [9.17, 15) is 9.59 Å². The smallest absolute Gasteiger partial charge is 0.321 e. The molecule has 0 spiro atoms.